The maximum absolute atomic E-state index is 12.5. The second-order valence-electron chi connectivity index (χ2n) is 6.53. The number of carbonyl (C=O) groups excluding carboxylic acids is 3. The topological polar surface area (TPSA) is 175 Å². The molecule has 6 bridgehead atoms. The lowest BCUT2D eigenvalue weighted by Gasteiger charge is -2.04. The maximum atomic E-state index is 12.5. The van der Waals surface area contributed by atoms with Crippen molar-refractivity contribution in [3.8, 4) is 0 Å². The van der Waals surface area contributed by atoms with Crippen LogP contribution in [0.2, 0.25) is 0 Å². The second kappa shape index (κ2) is 8.51. The summed E-state index contributed by atoms with van der Waals surface area (Å²) in [5.41, 5.74) is 9.04. The fraction of sp³-hybridized carbons (Fsp3) is 0.211. The summed E-state index contributed by atoms with van der Waals surface area (Å²) in [6.45, 7) is -0.0434. The summed E-state index contributed by atoms with van der Waals surface area (Å²) in [5, 5.41) is 11.4. The molecule has 0 saturated heterocycles. The molecule has 0 spiro atoms. The van der Waals surface area contributed by atoms with E-state index in [4.69, 9.17) is 18.8 Å². The summed E-state index contributed by atoms with van der Waals surface area (Å²) in [4.78, 5) is 39.8. The van der Waals surface area contributed by atoms with Crippen LogP contribution in [0.5, 0.6) is 0 Å². The molecule has 158 valence electrons. The second-order valence-corrected chi connectivity index (χ2v) is 6.53. The van der Waals surface area contributed by atoms with Crippen LogP contribution in [0.4, 0.5) is 0 Å². The average Bonchev–Trinajstić information content (AvgIpc) is 3.51. The molecule has 0 fully saturated rings. The van der Waals surface area contributed by atoms with Crippen molar-refractivity contribution in [3.63, 3.8) is 0 Å². The van der Waals surface area contributed by atoms with Crippen LogP contribution < -0.4 is 16.0 Å². The summed E-state index contributed by atoms with van der Waals surface area (Å²) in [6, 6.07) is 7.52. The number of nitrogens with one attached hydrogen (secondary N) is 3. The SMILES string of the molecule is [N-]=[N+]=NCc1cc2oc1CNC(=O)c1ccc(o1)CNC(=O)c1ccc(o1)CNC2=O. The van der Waals surface area contributed by atoms with Crippen LogP contribution in [0.3, 0.4) is 0 Å². The van der Waals surface area contributed by atoms with E-state index in [9.17, 15) is 14.4 Å². The van der Waals surface area contributed by atoms with Crippen molar-refractivity contribution >= 4 is 17.7 Å². The molecule has 0 unspecified atom stereocenters. The van der Waals surface area contributed by atoms with Crippen LogP contribution in [0.15, 0.2) is 48.7 Å². The van der Waals surface area contributed by atoms with Gasteiger partial charge in [-0.05, 0) is 35.9 Å². The third-order valence-electron chi connectivity index (χ3n) is 4.45. The summed E-state index contributed by atoms with van der Waals surface area (Å²) in [5.74, 6) is -0.454. The first kappa shape index (κ1) is 19.9. The van der Waals surface area contributed by atoms with Crippen molar-refractivity contribution in [3.05, 3.63) is 80.9 Å². The third-order valence-corrected chi connectivity index (χ3v) is 4.45. The molecular weight excluding hydrogens is 408 g/mol. The van der Waals surface area contributed by atoms with Gasteiger partial charge in [0.05, 0.1) is 26.2 Å². The van der Waals surface area contributed by atoms with E-state index < -0.39 is 17.7 Å². The lowest BCUT2D eigenvalue weighted by atomic mass is 10.2. The molecule has 1 aliphatic heterocycles. The lowest BCUT2D eigenvalue weighted by Crippen LogP contribution is -2.24. The van der Waals surface area contributed by atoms with Gasteiger partial charge >= 0.3 is 0 Å². The minimum Gasteiger partial charge on any atom is -0.454 e. The van der Waals surface area contributed by atoms with Crippen LogP contribution >= 0.6 is 0 Å². The summed E-state index contributed by atoms with van der Waals surface area (Å²) >= 11 is 0. The average molecular weight is 424 g/mol. The number of nitrogens with zero attached hydrogens (tertiary/aromatic N) is 3. The van der Waals surface area contributed by atoms with Gasteiger partial charge in [0.25, 0.3) is 17.7 Å². The molecule has 0 aromatic carbocycles. The summed E-state index contributed by atoms with van der Waals surface area (Å²) in [6.07, 6.45) is 0. The molecule has 3 amide bonds. The fourth-order valence-electron chi connectivity index (χ4n) is 2.92. The fourth-order valence-corrected chi connectivity index (χ4v) is 2.92. The predicted molar refractivity (Wildman–Crippen MR) is 102 cm³/mol. The molecule has 31 heavy (non-hydrogen) atoms. The Morgan fingerprint density at radius 3 is 1.94 bits per heavy atom. The molecule has 0 atom stereocenters. The van der Waals surface area contributed by atoms with Crippen LogP contribution in [-0.4, -0.2) is 17.7 Å². The van der Waals surface area contributed by atoms with Crippen molar-refractivity contribution in [2.24, 2.45) is 5.11 Å². The number of hydrogen-bond acceptors (Lipinski definition) is 7. The van der Waals surface area contributed by atoms with E-state index in [2.05, 4.69) is 26.0 Å². The van der Waals surface area contributed by atoms with Crippen molar-refractivity contribution in [1.82, 2.24) is 16.0 Å². The third kappa shape index (κ3) is 4.43. The number of carbonyl (C=O) groups is 3. The van der Waals surface area contributed by atoms with Gasteiger partial charge in [0.15, 0.2) is 17.3 Å². The Hall–Kier alpha value is -4.44. The largest absolute Gasteiger partial charge is 0.454 e. The van der Waals surface area contributed by atoms with E-state index in [1.54, 1.807) is 12.1 Å². The molecule has 0 saturated carbocycles. The van der Waals surface area contributed by atoms with Gasteiger partial charge in [-0.1, -0.05) is 5.11 Å². The standard InChI is InChI=1S/C19H16N6O6/c20-25-24-6-10-5-15-19(28)22-8-12-1-3-13(29-12)17(26)21-7-11-2-4-14(30-11)18(27)23-9-16(10)31-15/h1-5H,6-9H2,(H,21,26)(H,22,28)(H,23,27). The number of amides is 3. The smallest absolute Gasteiger partial charge is 0.287 e. The highest BCUT2D eigenvalue weighted by Crippen LogP contribution is 2.18. The Bertz CT molecular complexity index is 1200. The van der Waals surface area contributed by atoms with E-state index in [0.717, 1.165) is 0 Å². The van der Waals surface area contributed by atoms with Crippen molar-refractivity contribution < 1.29 is 27.6 Å². The van der Waals surface area contributed by atoms with Crippen molar-refractivity contribution in [2.45, 2.75) is 26.2 Å². The number of rotatable bonds is 2. The Morgan fingerprint density at radius 1 is 0.806 bits per heavy atom. The first-order valence-electron chi connectivity index (χ1n) is 9.18. The molecule has 0 radical (unpaired) electrons. The highest BCUT2D eigenvalue weighted by Gasteiger charge is 2.20. The summed E-state index contributed by atoms with van der Waals surface area (Å²) in [7, 11) is 0. The normalized spacial score (nSPS) is 14.5. The van der Waals surface area contributed by atoms with Gasteiger partial charge in [-0.2, -0.15) is 0 Å². The molecule has 3 aromatic heterocycles. The molecule has 3 N–H and O–H groups in total. The zero-order valence-corrected chi connectivity index (χ0v) is 16.0. The lowest BCUT2D eigenvalue weighted by molar-refractivity contribution is 0.0911. The van der Waals surface area contributed by atoms with E-state index in [1.165, 1.54) is 18.2 Å². The van der Waals surface area contributed by atoms with Gasteiger partial charge in [-0.25, -0.2) is 0 Å². The Morgan fingerprint density at radius 2 is 1.35 bits per heavy atom. The molecule has 12 heteroatoms. The number of furan rings is 3. The minimum absolute atomic E-state index is 0.0199. The van der Waals surface area contributed by atoms with E-state index >= 15 is 0 Å². The molecule has 0 aliphatic carbocycles. The van der Waals surface area contributed by atoms with Gasteiger partial charge in [0.1, 0.15) is 17.3 Å². The first-order chi connectivity index (χ1) is 15.0. The van der Waals surface area contributed by atoms with Crippen LogP contribution in [0, 0.1) is 0 Å². The van der Waals surface area contributed by atoms with Gasteiger partial charge in [0.2, 0.25) is 0 Å². The van der Waals surface area contributed by atoms with Crippen molar-refractivity contribution in [1.29, 1.82) is 0 Å². The van der Waals surface area contributed by atoms with Gasteiger partial charge in [0, 0.05) is 10.5 Å². The number of hydrogen-bond donors (Lipinski definition) is 3. The molecule has 3 aromatic rings. The van der Waals surface area contributed by atoms with Crippen LogP contribution in [0.25, 0.3) is 10.4 Å². The van der Waals surface area contributed by atoms with Crippen molar-refractivity contribution in [2.75, 3.05) is 0 Å². The quantitative estimate of drug-likeness (QED) is 0.323. The highest BCUT2D eigenvalue weighted by molar-refractivity contribution is 5.93. The van der Waals surface area contributed by atoms with Crippen LogP contribution in [-0.2, 0) is 26.2 Å². The van der Waals surface area contributed by atoms with Crippen LogP contribution in [0.1, 0.15) is 54.5 Å². The zero-order chi connectivity index (χ0) is 21.8. The molecule has 12 nitrogen and oxygen atoms in total. The van der Waals surface area contributed by atoms with Gasteiger partial charge < -0.3 is 29.2 Å². The molecular formula is C19H16N6O6. The van der Waals surface area contributed by atoms with E-state index in [-0.39, 0.29) is 49.2 Å². The minimum atomic E-state index is -0.543. The summed E-state index contributed by atoms with van der Waals surface area (Å²) < 4.78 is 16.5. The molecule has 1 aliphatic rings. The number of fused-ring (bicyclic) bond motifs is 6. The zero-order valence-electron chi connectivity index (χ0n) is 16.0. The van der Waals surface area contributed by atoms with E-state index in [0.29, 0.717) is 17.1 Å². The maximum Gasteiger partial charge on any atom is 0.287 e. The van der Waals surface area contributed by atoms with Gasteiger partial charge in [-0.3, -0.25) is 14.4 Å². The first-order valence-corrected chi connectivity index (χ1v) is 9.18. The number of azide groups is 1. The van der Waals surface area contributed by atoms with Gasteiger partial charge in [-0.15, -0.1) is 0 Å². The Kier molecular flexibility index (Phi) is 5.45. The monoisotopic (exact) mass is 424 g/mol. The highest BCUT2D eigenvalue weighted by atomic mass is 16.4. The predicted octanol–water partition coefficient (Wildman–Crippen LogP) is 2.38. The Balaban J connectivity index is 1.64. The molecule has 4 heterocycles. The Labute approximate surface area is 174 Å². The molecule has 4 rings (SSSR count). The van der Waals surface area contributed by atoms with E-state index in [1.807, 2.05) is 0 Å².